The molecule has 0 aliphatic rings. The molecule has 1 amide bonds. The van der Waals surface area contributed by atoms with E-state index in [0.29, 0.717) is 22.1 Å². The first-order valence-electron chi connectivity index (χ1n) is 11.5. The van der Waals surface area contributed by atoms with Crippen molar-refractivity contribution in [3.63, 3.8) is 0 Å². The number of hydrazone groups is 1. The average Bonchev–Trinajstić information content (AvgIpc) is 3.32. The first-order valence-corrected chi connectivity index (χ1v) is 13.3. The first-order chi connectivity index (χ1) is 17.7. The van der Waals surface area contributed by atoms with E-state index in [1.54, 1.807) is 72.8 Å². The van der Waals surface area contributed by atoms with Gasteiger partial charge in [0.05, 0.1) is 17.7 Å². The number of rotatable bonds is 9. The monoisotopic (exact) mass is 535 g/mol. The van der Waals surface area contributed by atoms with Gasteiger partial charge in [-0.15, -0.1) is 0 Å². The highest BCUT2D eigenvalue weighted by atomic mass is 35.5. The van der Waals surface area contributed by atoms with Gasteiger partial charge >= 0.3 is 0 Å². The second-order valence-corrected chi connectivity index (χ2v) is 10.9. The predicted octanol–water partition coefficient (Wildman–Crippen LogP) is 5.70. The van der Waals surface area contributed by atoms with E-state index in [9.17, 15) is 13.2 Å². The molecule has 190 valence electrons. The second-order valence-electron chi connectivity index (χ2n) is 8.53. The third-order valence-electron chi connectivity index (χ3n) is 5.69. The molecule has 0 fully saturated rings. The number of hydrogen-bond acceptors (Lipinski definition) is 5. The van der Waals surface area contributed by atoms with Crippen LogP contribution in [0, 0.1) is 13.8 Å². The van der Waals surface area contributed by atoms with Crippen LogP contribution in [-0.4, -0.2) is 24.8 Å². The lowest BCUT2D eigenvalue weighted by atomic mass is 10.1. The molecule has 0 atom stereocenters. The SMILES string of the molecule is Cc1ccc(S(=O)(=O)N(Cc2ccc(Cl)cc2)Cc2ccc(/C=N\NC(=O)c3ccccc3C)o2)cc1. The van der Waals surface area contributed by atoms with E-state index in [-0.39, 0.29) is 23.9 Å². The smallest absolute Gasteiger partial charge is 0.271 e. The van der Waals surface area contributed by atoms with E-state index in [0.717, 1.165) is 16.7 Å². The molecule has 0 saturated carbocycles. The molecule has 9 heteroatoms. The molecule has 7 nitrogen and oxygen atoms in total. The van der Waals surface area contributed by atoms with Crippen molar-refractivity contribution < 1.29 is 17.6 Å². The fourth-order valence-corrected chi connectivity index (χ4v) is 5.16. The zero-order valence-electron chi connectivity index (χ0n) is 20.4. The lowest BCUT2D eigenvalue weighted by Gasteiger charge is -2.21. The molecule has 0 unspecified atom stereocenters. The number of benzene rings is 3. The molecule has 0 aliphatic carbocycles. The molecule has 1 aromatic heterocycles. The lowest BCUT2D eigenvalue weighted by molar-refractivity contribution is 0.0954. The van der Waals surface area contributed by atoms with Gasteiger partial charge in [-0.25, -0.2) is 13.8 Å². The van der Waals surface area contributed by atoms with Gasteiger partial charge in [-0.2, -0.15) is 9.41 Å². The van der Waals surface area contributed by atoms with Gasteiger partial charge in [-0.3, -0.25) is 4.79 Å². The minimum atomic E-state index is -3.83. The van der Waals surface area contributed by atoms with Crippen LogP contribution in [-0.2, 0) is 23.1 Å². The van der Waals surface area contributed by atoms with Gasteiger partial charge in [0.25, 0.3) is 5.91 Å². The molecule has 0 aliphatic heterocycles. The molecule has 1 N–H and O–H groups in total. The van der Waals surface area contributed by atoms with E-state index < -0.39 is 10.0 Å². The zero-order chi connectivity index (χ0) is 26.4. The van der Waals surface area contributed by atoms with Crippen molar-refractivity contribution in [1.82, 2.24) is 9.73 Å². The Labute approximate surface area is 221 Å². The van der Waals surface area contributed by atoms with Crippen LogP contribution >= 0.6 is 11.6 Å². The molecule has 1 heterocycles. The van der Waals surface area contributed by atoms with E-state index in [1.165, 1.54) is 10.5 Å². The summed E-state index contributed by atoms with van der Waals surface area (Å²) >= 11 is 6.00. The molecule has 4 rings (SSSR count). The van der Waals surface area contributed by atoms with Crippen molar-refractivity contribution in [3.8, 4) is 0 Å². The largest absolute Gasteiger partial charge is 0.459 e. The zero-order valence-corrected chi connectivity index (χ0v) is 22.0. The Bertz CT molecular complexity index is 1510. The lowest BCUT2D eigenvalue weighted by Crippen LogP contribution is -2.30. The maximum atomic E-state index is 13.5. The first kappa shape index (κ1) is 26.3. The minimum Gasteiger partial charge on any atom is -0.459 e. The van der Waals surface area contributed by atoms with E-state index >= 15 is 0 Å². The molecule has 0 radical (unpaired) electrons. The Balaban J connectivity index is 1.51. The molecular formula is C28H26ClN3O4S. The van der Waals surface area contributed by atoms with Gasteiger partial charge in [0.2, 0.25) is 10.0 Å². The number of furan rings is 1. The van der Waals surface area contributed by atoms with Gasteiger partial charge in [-0.05, 0) is 67.4 Å². The van der Waals surface area contributed by atoms with Crippen molar-refractivity contribution in [1.29, 1.82) is 0 Å². The molecule has 4 aromatic rings. The summed E-state index contributed by atoms with van der Waals surface area (Å²) in [6.07, 6.45) is 1.37. The molecule has 37 heavy (non-hydrogen) atoms. The minimum absolute atomic E-state index is 0.00223. The highest BCUT2D eigenvalue weighted by molar-refractivity contribution is 7.89. The molecule has 0 bridgehead atoms. The highest BCUT2D eigenvalue weighted by Gasteiger charge is 2.26. The summed E-state index contributed by atoms with van der Waals surface area (Å²) in [5, 5.41) is 4.54. The number of halogens is 1. The Kier molecular flexibility index (Phi) is 8.23. The summed E-state index contributed by atoms with van der Waals surface area (Å²) < 4.78 is 34.2. The summed E-state index contributed by atoms with van der Waals surface area (Å²) in [5.74, 6) is 0.468. The number of nitrogens with one attached hydrogen (secondary N) is 1. The van der Waals surface area contributed by atoms with Crippen LogP contribution in [0.2, 0.25) is 5.02 Å². The average molecular weight is 536 g/mol. The van der Waals surface area contributed by atoms with E-state index in [2.05, 4.69) is 10.5 Å². The second kappa shape index (κ2) is 11.6. The molecule has 0 spiro atoms. The van der Waals surface area contributed by atoms with Gasteiger partial charge in [0.15, 0.2) is 0 Å². The van der Waals surface area contributed by atoms with E-state index in [4.69, 9.17) is 16.0 Å². The van der Waals surface area contributed by atoms with Crippen molar-refractivity contribution in [3.05, 3.63) is 124 Å². The number of carbonyl (C=O) groups is 1. The van der Waals surface area contributed by atoms with Crippen molar-refractivity contribution in [2.24, 2.45) is 5.10 Å². The Morgan fingerprint density at radius 3 is 2.35 bits per heavy atom. The predicted molar refractivity (Wildman–Crippen MR) is 144 cm³/mol. The Morgan fingerprint density at radius 2 is 1.65 bits per heavy atom. The summed E-state index contributed by atoms with van der Waals surface area (Å²) in [6, 6.07) is 24.3. The molecule has 0 saturated heterocycles. The maximum absolute atomic E-state index is 13.5. The topological polar surface area (TPSA) is 92.0 Å². The number of amides is 1. The molecular weight excluding hydrogens is 510 g/mol. The number of nitrogens with zero attached hydrogens (tertiary/aromatic N) is 2. The number of aryl methyl sites for hydroxylation is 2. The van der Waals surface area contributed by atoms with Crippen LogP contribution in [0.3, 0.4) is 0 Å². The normalized spacial score (nSPS) is 11.8. The van der Waals surface area contributed by atoms with Crippen LogP contribution in [0.4, 0.5) is 0 Å². The van der Waals surface area contributed by atoms with E-state index in [1.807, 2.05) is 26.0 Å². The fraction of sp³-hybridized carbons (Fsp3) is 0.143. The van der Waals surface area contributed by atoms with Crippen molar-refractivity contribution in [2.45, 2.75) is 31.8 Å². The standard InChI is InChI=1S/C28H26ClN3O4S/c1-20-7-15-26(16-8-20)37(34,35)32(18-22-9-11-23(29)12-10-22)19-25-14-13-24(36-25)17-30-31-28(33)27-6-4-3-5-21(27)2/h3-17H,18-19H2,1-2H3,(H,31,33)/b30-17-. The van der Waals surface area contributed by atoms with Crippen LogP contribution in [0.25, 0.3) is 0 Å². The van der Waals surface area contributed by atoms with Crippen LogP contribution in [0.15, 0.2) is 99.3 Å². The molecule has 3 aromatic carbocycles. The summed E-state index contributed by atoms with van der Waals surface area (Å²) in [7, 11) is -3.83. The Hall–Kier alpha value is -3.72. The third-order valence-corrected chi connectivity index (χ3v) is 7.75. The van der Waals surface area contributed by atoms with Gasteiger partial charge in [0.1, 0.15) is 11.5 Å². The summed E-state index contributed by atoms with van der Waals surface area (Å²) in [6.45, 7) is 3.88. The van der Waals surface area contributed by atoms with Crippen LogP contribution in [0.1, 0.15) is 38.6 Å². The number of hydrogen-bond donors (Lipinski definition) is 1. The highest BCUT2D eigenvalue weighted by Crippen LogP contribution is 2.23. The summed E-state index contributed by atoms with van der Waals surface area (Å²) in [4.78, 5) is 12.5. The third kappa shape index (κ3) is 6.74. The van der Waals surface area contributed by atoms with Gasteiger partial charge in [-0.1, -0.05) is 59.6 Å². The van der Waals surface area contributed by atoms with Gasteiger partial charge in [0, 0.05) is 17.1 Å². The summed E-state index contributed by atoms with van der Waals surface area (Å²) in [5.41, 5.74) is 5.59. The van der Waals surface area contributed by atoms with Gasteiger partial charge < -0.3 is 4.42 Å². The Morgan fingerprint density at radius 1 is 0.946 bits per heavy atom. The number of carbonyl (C=O) groups excluding carboxylic acids is 1. The van der Waals surface area contributed by atoms with Crippen LogP contribution in [0.5, 0.6) is 0 Å². The van der Waals surface area contributed by atoms with Crippen LogP contribution < -0.4 is 5.43 Å². The fourth-order valence-electron chi connectivity index (χ4n) is 3.64. The number of sulfonamides is 1. The van der Waals surface area contributed by atoms with Crippen molar-refractivity contribution in [2.75, 3.05) is 0 Å². The quantitative estimate of drug-likeness (QED) is 0.220. The van der Waals surface area contributed by atoms with Crippen molar-refractivity contribution >= 4 is 33.7 Å². The maximum Gasteiger partial charge on any atom is 0.271 e.